The van der Waals surface area contributed by atoms with Gasteiger partial charge in [0.05, 0.1) is 46.2 Å². The molecule has 0 bridgehead atoms. The summed E-state index contributed by atoms with van der Waals surface area (Å²) < 4.78 is 26.7. The van der Waals surface area contributed by atoms with Gasteiger partial charge in [-0.15, -0.1) is 0 Å². The Morgan fingerprint density at radius 2 is 1.03 bits per heavy atom. The summed E-state index contributed by atoms with van der Waals surface area (Å²) in [4.78, 5) is 23.5. The third kappa shape index (κ3) is 17.4. The van der Waals surface area contributed by atoms with Crippen molar-refractivity contribution >= 4 is 11.8 Å². The molecule has 0 aromatic heterocycles. The fourth-order valence-corrected chi connectivity index (χ4v) is 3.07. The van der Waals surface area contributed by atoms with Gasteiger partial charge in [0.1, 0.15) is 6.61 Å². The number of Topliss-reactive ketones (excluding diaryl/α,β-unsaturated/α-hetero) is 1. The zero-order valence-corrected chi connectivity index (χ0v) is 20.3. The number of hydrogen-bond donors (Lipinski definition) is 0. The Morgan fingerprint density at radius 3 is 1.58 bits per heavy atom. The summed E-state index contributed by atoms with van der Waals surface area (Å²) in [6.45, 7) is 6.29. The maximum Gasteiger partial charge on any atom is 0.379 e. The average Bonchev–Trinajstić information content (AvgIpc) is 2.85. The molecule has 0 unspecified atom stereocenters. The highest BCUT2D eigenvalue weighted by Gasteiger charge is 2.16. The van der Waals surface area contributed by atoms with Crippen LogP contribution in [0.4, 0.5) is 0 Å². The molecule has 0 atom stereocenters. The van der Waals surface area contributed by atoms with Crippen molar-refractivity contribution in [1.82, 2.24) is 0 Å². The molecule has 0 radical (unpaired) electrons. The van der Waals surface area contributed by atoms with Gasteiger partial charge in [-0.3, -0.25) is 4.79 Å². The van der Waals surface area contributed by atoms with Gasteiger partial charge in [-0.25, -0.2) is 4.79 Å². The molecule has 0 aliphatic carbocycles. The second-order valence-electron chi connectivity index (χ2n) is 7.76. The molecule has 1 aromatic carbocycles. The maximum atomic E-state index is 11.8. The molecule has 0 amide bonds. The van der Waals surface area contributed by atoms with Gasteiger partial charge in [0, 0.05) is 12.2 Å². The maximum absolute atomic E-state index is 11.8. The molecule has 0 N–H and O–H groups in total. The van der Waals surface area contributed by atoms with Crippen molar-refractivity contribution in [2.24, 2.45) is 0 Å². The van der Waals surface area contributed by atoms with E-state index in [1.807, 2.05) is 0 Å². The van der Waals surface area contributed by atoms with Crippen molar-refractivity contribution in [3.63, 3.8) is 0 Å². The van der Waals surface area contributed by atoms with Crippen LogP contribution < -0.4 is 0 Å². The van der Waals surface area contributed by atoms with E-state index in [-0.39, 0.29) is 13.2 Å². The summed E-state index contributed by atoms with van der Waals surface area (Å²) in [5, 5.41) is 0. The first kappa shape index (κ1) is 29.2. The molecule has 1 aromatic rings. The lowest BCUT2D eigenvalue weighted by molar-refractivity contribution is -0.139. The number of unbranched alkanes of at least 4 members (excludes halogenated alkanes) is 7. The van der Waals surface area contributed by atoms with E-state index in [0.29, 0.717) is 45.2 Å². The monoisotopic (exact) mass is 466 g/mol. The van der Waals surface area contributed by atoms with Crippen LogP contribution in [0.15, 0.2) is 30.3 Å². The first-order valence-electron chi connectivity index (χ1n) is 12.3. The predicted octanol–water partition coefficient (Wildman–Crippen LogP) is 4.62. The highest BCUT2D eigenvalue weighted by atomic mass is 16.6. The lowest BCUT2D eigenvalue weighted by Crippen LogP contribution is -2.20. The number of carbonyl (C=O) groups is 2. The summed E-state index contributed by atoms with van der Waals surface area (Å²) in [5.41, 5.74) is 0.314. The van der Waals surface area contributed by atoms with E-state index in [1.165, 1.54) is 44.9 Å². The number of hydrogen-bond acceptors (Lipinski definition) is 7. The van der Waals surface area contributed by atoms with Crippen molar-refractivity contribution in [3.8, 4) is 0 Å². The van der Waals surface area contributed by atoms with E-state index in [4.69, 9.17) is 23.7 Å². The molecule has 0 spiro atoms. The van der Waals surface area contributed by atoms with Crippen LogP contribution in [0.2, 0.25) is 0 Å². The second-order valence-corrected chi connectivity index (χ2v) is 7.76. The van der Waals surface area contributed by atoms with Crippen LogP contribution >= 0.6 is 0 Å². The van der Waals surface area contributed by atoms with Gasteiger partial charge >= 0.3 is 5.97 Å². The number of carbonyl (C=O) groups excluding carboxylic acids is 2. The molecule has 188 valence electrons. The molecular weight excluding hydrogens is 424 g/mol. The molecule has 33 heavy (non-hydrogen) atoms. The zero-order chi connectivity index (χ0) is 23.8. The average molecular weight is 467 g/mol. The van der Waals surface area contributed by atoms with Crippen LogP contribution in [0.3, 0.4) is 0 Å². The molecule has 7 nitrogen and oxygen atoms in total. The van der Waals surface area contributed by atoms with Gasteiger partial charge in [-0.05, 0) is 6.42 Å². The Morgan fingerprint density at radius 1 is 0.576 bits per heavy atom. The predicted molar refractivity (Wildman–Crippen MR) is 128 cm³/mol. The number of rotatable bonds is 23. The van der Waals surface area contributed by atoms with Crippen molar-refractivity contribution in [1.29, 1.82) is 0 Å². The molecule has 7 heteroatoms. The summed E-state index contributed by atoms with van der Waals surface area (Å²) in [5.74, 6) is -1.53. The first-order valence-corrected chi connectivity index (χ1v) is 12.3. The molecule has 0 aliphatic rings. The normalized spacial score (nSPS) is 10.9. The summed E-state index contributed by atoms with van der Waals surface area (Å²) in [6.07, 6.45) is 10.4. The topological polar surface area (TPSA) is 80.3 Å². The van der Waals surface area contributed by atoms with Gasteiger partial charge in [-0.2, -0.15) is 0 Å². The Kier molecular flexibility index (Phi) is 19.5. The first-order chi connectivity index (χ1) is 16.3. The second kappa shape index (κ2) is 22.0. The van der Waals surface area contributed by atoms with Gasteiger partial charge in [0.25, 0.3) is 5.78 Å². The minimum absolute atomic E-state index is 0.0273. The quantitative estimate of drug-likeness (QED) is 0.101. The van der Waals surface area contributed by atoms with E-state index in [9.17, 15) is 9.59 Å². The highest BCUT2D eigenvalue weighted by Crippen LogP contribution is 2.08. The minimum atomic E-state index is -0.875. The number of ketones is 1. The third-order valence-corrected chi connectivity index (χ3v) is 4.94. The molecule has 0 heterocycles. The van der Waals surface area contributed by atoms with E-state index in [1.54, 1.807) is 30.3 Å². The van der Waals surface area contributed by atoms with Crippen LogP contribution in [0.25, 0.3) is 0 Å². The van der Waals surface area contributed by atoms with Crippen molar-refractivity contribution in [3.05, 3.63) is 35.9 Å². The SMILES string of the molecule is CCCCCCCCCCOCCOCCOCCOCCOC(=O)C(=O)c1ccccc1. The summed E-state index contributed by atoms with van der Waals surface area (Å²) >= 11 is 0. The molecule has 1 rings (SSSR count). The molecule has 0 saturated heterocycles. The summed E-state index contributed by atoms with van der Waals surface area (Å²) in [6, 6.07) is 8.32. The van der Waals surface area contributed by atoms with Crippen molar-refractivity contribution in [2.75, 3.05) is 59.5 Å². The highest BCUT2D eigenvalue weighted by molar-refractivity contribution is 6.40. The Balaban J connectivity index is 1.75. The Bertz CT molecular complexity index is 592. The van der Waals surface area contributed by atoms with E-state index in [0.717, 1.165) is 13.0 Å². The molecular formula is C26H42O7. The number of ether oxygens (including phenoxy) is 5. The standard InChI is InChI=1S/C26H42O7/c1-2-3-4-5-6-7-8-12-15-29-16-17-30-18-19-31-20-21-32-22-23-33-26(28)25(27)24-13-10-9-11-14-24/h9-11,13-14H,2-8,12,15-23H2,1H3. The largest absolute Gasteiger partial charge is 0.457 e. The van der Waals surface area contributed by atoms with E-state index in [2.05, 4.69) is 6.92 Å². The minimum Gasteiger partial charge on any atom is -0.457 e. The Labute approximate surface area is 199 Å². The molecule has 0 aliphatic heterocycles. The van der Waals surface area contributed by atoms with Gasteiger partial charge in [0.15, 0.2) is 0 Å². The fraction of sp³-hybridized carbons (Fsp3) is 0.692. The van der Waals surface area contributed by atoms with Crippen molar-refractivity contribution in [2.45, 2.75) is 58.3 Å². The lowest BCUT2D eigenvalue weighted by Gasteiger charge is -2.08. The van der Waals surface area contributed by atoms with Crippen LogP contribution in [0.5, 0.6) is 0 Å². The van der Waals surface area contributed by atoms with Crippen LogP contribution in [0, 0.1) is 0 Å². The number of esters is 1. The van der Waals surface area contributed by atoms with Crippen molar-refractivity contribution < 1.29 is 33.3 Å². The third-order valence-electron chi connectivity index (χ3n) is 4.94. The smallest absolute Gasteiger partial charge is 0.379 e. The van der Waals surface area contributed by atoms with E-state index < -0.39 is 11.8 Å². The van der Waals surface area contributed by atoms with Gasteiger partial charge < -0.3 is 23.7 Å². The molecule has 0 fully saturated rings. The number of benzene rings is 1. The zero-order valence-electron chi connectivity index (χ0n) is 20.3. The van der Waals surface area contributed by atoms with Crippen LogP contribution in [-0.2, 0) is 28.5 Å². The summed E-state index contributed by atoms with van der Waals surface area (Å²) in [7, 11) is 0. The lowest BCUT2D eigenvalue weighted by atomic mass is 10.1. The van der Waals surface area contributed by atoms with E-state index >= 15 is 0 Å². The van der Waals surface area contributed by atoms with Gasteiger partial charge in [0.2, 0.25) is 0 Å². The van der Waals surface area contributed by atoms with Crippen LogP contribution in [-0.4, -0.2) is 71.2 Å². The van der Waals surface area contributed by atoms with Gasteiger partial charge in [-0.1, -0.05) is 82.2 Å². The fourth-order valence-electron chi connectivity index (χ4n) is 3.07. The molecule has 0 saturated carbocycles. The Hall–Kier alpha value is -1.80. The van der Waals surface area contributed by atoms with Crippen LogP contribution in [0.1, 0.15) is 68.6 Å².